The molecule has 1 aromatic heterocycles. The second-order valence-electron chi connectivity index (χ2n) is 4.94. The first-order chi connectivity index (χ1) is 11.5. The van der Waals surface area contributed by atoms with Gasteiger partial charge in [-0.1, -0.05) is 36.4 Å². The van der Waals surface area contributed by atoms with Crippen molar-refractivity contribution < 1.29 is 12.8 Å². The predicted octanol–water partition coefficient (Wildman–Crippen LogP) is 3.04. The van der Waals surface area contributed by atoms with Crippen LogP contribution in [0.4, 0.5) is 5.88 Å². The van der Waals surface area contributed by atoms with Crippen molar-refractivity contribution in [2.45, 2.75) is 4.90 Å². The van der Waals surface area contributed by atoms with E-state index in [9.17, 15) is 13.7 Å². The molecule has 0 N–H and O–H groups in total. The molecule has 0 spiro atoms. The van der Waals surface area contributed by atoms with Crippen LogP contribution in [0.2, 0.25) is 0 Å². The van der Waals surface area contributed by atoms with Crippen LogP contribution in [0.25, 0.3) is 11.5 Å². The monoisotopic (exact) mass is 339 g/mol. The summed E-state index contributed by atoms with van der Waals surface area (Å²) in [5.41, 5.74) is 0.571. The van der Waals surface area contributed by atoms with Gasteiger partial charge in [0.15, 0.2) is 0 Å². The van der Waals surface area contributed by atoms with E-state index in [4.69, 9.17) is 4.42 Å². The summed E-state index contributed by atoms with van der Waals surface area (Å²) >= 11 is 0. The molecule has 0 bridgehead atoms. The number of anilines is 1. The van der Waals surface area contributed by atoms with E-state index >= 15 is 0 Å². The van der Waals surface area contributed by atoms with Gasteiger partial charge >= 0.3 is 0 Å². The SMILES string of the molecule is CN(c1oc(-c2ccccc2)nc1C#N)S(=O)(=O)c1ccccc1. The van der Waals surface area contributed by atoms with Crippen molar-refractivity contribution in [1.29, 1.82) is 5.26 Å². The van der Waals surface area contributed by atoms with Gasteiger partial charge in [0, 0.05) is 12.6 Å². The highest BCUT2D eigenvalue weighted by molar-refractivity contribution is 7.92. The van der Waals surface area contributed by atoms with Gasteiger partial charge in [-0.3, -0.25) is 0 Å². The fourth-order valence-electron chi connectivity index (χ4n) is 2.16. The van der Waals surface area contributed by atoms with Gasteiger partial charge in [-0.2, -0.15) is 10.2 Å². The van der Waals surface area contributed by atoms with Crippen LogP contribution in [0.1, 0.15) is 5.69 Å². The van der Waals surface area contributed by atoms with Crippen LogP contribution in [0.5, 0.6) is 0 Å². The summed E-state index contributed by atoms with van der Waals surface area (Å²) in [5, 5.41) is 9.27. The van der Waals surface area contributed by atoms with Crippen LogP contribution in [0, 0.1) is 11.3 Å². The van der Waals surface area contributed by atoms with E-state index in [1.807, 2.05) is 12.1 Å². The third kappa shape index (κ3) is 2.75. The number of benzene rings is 2. The Kier molecular flexibility index (Phi) is 4.06. The van der Waals surface area contributed by atoms with Crippen molar-refractivity contribution >= 4 is 15.9 Å². The van der Waals surface area contributed by atoms with E-state index in [2.05, 4.69) is 4.98 Å². The number of rotatable bonds is 4. The van der Waals surface area contributed by atoms with Gasteiger partial charge in [-0.15, -0.1) is 0 Å². The molecule has 0 saturated heterocycles. The molecule has 6 nitrogen and oxygen atoms in total. The molecule has 7 heteroatoms. The zero-order chi connectivity index (χ0) is 17.2. The number of sulfonamides is 1. The molecular formula is C17H13N3O3S. The fourth-order valence-corrected chi connectivity index (χ4v) is 3.32. The van der Waals surface area contributed by atoms with Crippen molar-refractivity contribution in [2.24, 2.45) is 0 Å². The fraction of sp³-hybridized carbons (Fsp3) is 0.0588. The summed E-state index contributed by atoms with van der Waals surface area (Å²) in [7, 11) is -2.51. The third-order valence-electron chi connectivity index (χ3n) is 3.42. The third-order valence-corrected chi connectivity index (χ3v) is 5.18. The normalized spacial score (nSPS) is 11.0. The number of aromatic nitrogens is 1. The average molecular weight is 339 g/mol. The average Bonchev–Trinajstić information content (AvgIpc) is 3.06. The lowest BCUT2D eigenvalue weighted by Gasteiger charge is -2.16. The minimum absolute atomic E-state index is 0.0872. The maximum Gasteiger partial charge on any atom is 0.266 e. The summed E-state index contributed by atoms with van der Waals surface area (Å²) in [4.78, 5) is 4.20. The van der Waals surface area contributed by atoms with Crippen molar-refractivity contribution in [3.05, 3.63) is 66.4 Å². The van der Waals surface area contributed by atoms with Crippen molar-refractivity contribution in [3.63, 3.8) is 0 Å². The van der Waals surface area contributed by atoms with E-state index < -0.39 is 10.0 Å². The van der Waals surface area contributed by atoms with Crippen LogP contribution in [0.15, 0.2) is 70.0 Å². The van der Waals surface area contributed by atoms with Crippen LogP contribution in [0.3, 0.4) is 0 Å². The molecule has 1 heterocycles. The Morgan fingerprint density at radius 2 is 1.62 bits per heavy atom. The molecule has 120 valence electrons. The summed E-state index contributed by atoms with van der Waals surface area (Å²) in [6, 6.07) is 18.8. The second-order valence-corrected chi connectivity index (χ2v) is 6.91. The standard InChI is InChI=1S/C17H13N3O3S/c1-20(24(21,22)14-10-6-3-7-11-14)17-15(12-18)19-16(23-17)13-8-4-2-5-9-13/h2-11H,1H3. The Morgan fingerprint density at radius 1 is 1.04 bits per heavy atom. The Balaban J connectivity index is 2.06. The molecule has 0 fully saturated rings. The van der Waals surface area contributed by atoms with E-state index in [1.54, 1.807) is 42.5 Å². The maximum absolute atomic E-state index is 12.7. The van der Waals surface area contributed by atoms with Gasteiger partial charge in [0.25, 0.3) is 10.0 Å². The molecule has 0 saturated carbocycles. The first-order valence-corrected chi connectivity index (χ1v) is 8.48. The summed E-state index contributed by atoms with van der Waals surface area (Å²) in [6.07, 6.45) is 0. The highest BCUT2D eigenvalue weighted by Gasteiger charge is 2.28. The number of oxazole rings is 1. The van der Waals surface area contributed by atoms with Gasteiger partial charge in [-0.05, 0) is 24.3 Å². The molecule has 0 aliphatic carbocycles. The first kappa shape index (κ1) is 15.8. The topological polar surface area (TPSA) is 87.2 Å². The van der Waals surface area contributed by atoms with Gasteiger partial charge in [-0.25, -0.2) is 12.7 Å². The van der Waals surface area contributed by atoms with Gasteiger partial charge in [0.1, 0.15) is 6.07 Å². The van der Waals surface area contributed by atoms with E-state index in [0.29, 0.717) is 5.56 Å². The number of hydrogen-bond acceptors (Lipinski definition) is 5. The molecule has 0 radical (unpaired) electrons. The Bertz CT molecular complexity index is 991. The second kappa shape index (κ2) is 6.18. The first-order valence-electron chi connectivity index (χ1n) is 7.04. The lowest BCUT2D eigenvalue weighted by atomic mass is 10.2. The number of nitrogens with zero attached hydrogens (tertiary/aromatic N) is 3. The predicted molar refractivity (Wildman–Crippen MR) is 88.7 cm³/mol. The lowest BCUT2D eigenvalue weighted by molar-refractivity contribution is 0.563. The van der Waals surface area contributed by atoms with Crippen molar-refractivity contribution in [1.82, 2.24) is 4.98 Å². The number of hydrogen-bond donors (Lipinski definition) is 0. The quantitative estimate of drug-likeness (QED) is 0.729. The molecule has 0 amide bonds. The highest BCUT2D eigenvalue weighted by Crippen LogP contribution is 2.30. The Morgan fingerprint density at radius 3 is 2.21 bits per heavy atom. The van der Waals surface area contributed by atoms with Crippen LogP contribution >= 0.6 is 0 Å². The van der Waals surface area contributed by atoms with Gasteiger partial charge < -0.3 is 4.42 Å². The maximum atomic E-state index is 12.7. The molecular weight excluding hydrogens is 326 g/mol. The highest BCUT2D eigenvalue weighted by atomic mass is 32.2. The molecule has 3 aromatic rings. The Hall–Kier alpha value is -3.11. The van der Waals surface area contributed by atoms with Gasteiger partial charge in [0.05, 0.1) is 4.90 Å². The lowest BCUT2D eigenvalue weighted by Crippen LogP contribution is -2.26. The van der Waals surface area contributed by atoms with Gasteiger partial charge in [0.2, 0.25) is 17.5 Å². The zero-order valence-electron chi connectivity index (χ0n) is 12.7. The minimum atomic E-state index is -3.85. The number of nitriles is 1. The summed E-state index contributed by atoms with van der Waals surface area (Å²) < 4.78 is 31.9. The molecule has 3 rings (SSSR count). The Labute approximate surface area is 139 Å². The molecule has 2 aromatic carbocycles. The van der Waals surface area contributed by atoms with E-state index in [1.165, 1.54) is 19.2 Å². The van der Waals surface area contributed by atoms with E-state index in [0.717, 1.165) is 4.31 Å². The molecule has 0 unspecified atom stereocenters. The molecule has 0 aliphatic rings. The molecule has 0 aliphatic heterocycles. The molecule has 0 atom stereocenters. The zero-order valence-corrected chi connectivity index (χ0v) is 13.6. The smallest absolute Gasteiger partial charge is 0.266 e. The minimum Gasteiger partial charge on any atom is -0.418 e. The van der Waals surface area contributed by atoms with Crippen LogP contribution in [-0.2, 0) is 10.0 Å². The van der Waals surface area contributed by atoms with E-state index in [-0.39, 0.29) is 22.4 Å². The largest absolute Gasteiger partial charge is 0.418 e. The molecule has 24 heavy (non-hydrogen) atoms. The van der Waals surface area contributed by atoms with Crippen LogP contribution < -0.4 is 4.31 Å². The van der Waals surface area contributed by atoms with Crippen molar-refractivity contribution in [3.8, 4) is 17.5 Å². The summed E-state index contributed by atoms with van der Waals surface area (Å²) in [6.45, 7) is 0. The van der Waals surface area contributed by atoms with Crippen LogP contribution in [-0.4, -0.2) is 20.4 Å². The van der Waals surface area contributed by atoms with Crippen molar-refractivity contribution in [2.75, 3.05) is 11.4 Å². The summed E-state index contributed by atoms with van der Waals surface area (Å²) in [5.74, 6) is 0.0810.